The summed E-state index contributed by atoms with van der Waals surface area (Å²) in [6, 6.07) is 8.39. The van der Waals surface area contributed by atoms with E-state index in [-0.39, 0.29) is 5.91 Å². The molecule has 1 fully saturated rings. The highest BCUT2D eigenvalue weighted by Gasteiger charge is 2.10. The van der Waals surface area contributed by atoms with Crippen LogP contribution in [0, 0.1) is 0 Å². The van der Waals surface area contributed by atoms with Gasteiger partial charge in [0.05, 0.1) is 13.2 Å². The monoisotopic (exact) mass is 248 g/mol. The number of ether oxygens (including phenoxy) is 1. The van der Waals surface area contributed by atoms with Crippen LogP contribution in [0.3, 0.4) is 0 Å². The van der Waals surface area contributed by atoms with E-state index in [2.05, 4.69) is 17.0 Å². The van der Waals surface area contributed by atoms with Gasteiger partial charge >= 0.3 is 0 Å². The molecule has 0 radical (unpaired) electrons. The van der Waals surface area contributed by atoms with Crippen LogP contribution < -0.4 is 5.73 Å². The Hall–Kier alpha value is -1.39. The molecule has 0 aromatic heterocycles. The standard InChI is InChI=1S/C14H20N2O2/c15-14(17)5-4-12-2-1-3-13(10-12)11-16-6-8-18-9-7-16/h1-3,10H,4-9,11H2,(H2,15,17). The van der Waals surface area contributed by atoms with Crippen LogP contribution in [0.25, 0.3) is 0 Å². The smallest absolute Gasteiger partial charge is 0.217 e. The van der Waals surface area contributed by atoms with E-state index in [1.807, 2.05) is 12.1 Å². The van der Waals surface area contributed by atoms with E-state index in [0.29, 0.717) is 6.42 Å². The second-order valence-corrected chi connectivity index (χ2v) is 4.67. The second-order valence-electron chi connectivity index (χ2n) is 4.67. The van der Waals surface area contributed by atoms with Crippen molar-refractivity contribution in [3.63, 3.8) is 0 Å². The molecule has 2 rings (SSSR count). The zero-order valence-electron chi connectivity index (χ0n) is 10.6. The zero-order chi connectivity index (χ0) is 12.8. The molecule has 0 unspecified atom stereocenters. The van der Waals surface area contributed by atoms with Gasteiger partial charge in [0.15, 0.2) is 0 Å². The third-order valence-corrected chi connectivity index (χ3v) is 3.16. The summed E-state index contributed by atoms with van der Waals surface area (Å²) < 4.78 is 5.33. The lowest BCUT2D eigenvalue weighted by Gasteiger charge is -2.26. The molecule has 0 aliphatic carbocycles. The number of amides is 1. The average Bonchev–Trinajstić information content (AvgIpc) is 2.38. The maximum atomic E-state index is 10.8. The molecule has 1 aromatic rings. The first kappa shape index (κ1) is 13.1. The largest absolute Gasteiger partial charge is 0.379 e. The lowest BCUT2D eigenvalue weighted by molar-refractivity contribution is -0.117. The number of rotatable bonds is 5. The van der Waals surface area contributed by atoms with Gasteiger partial charge in [0, 0.05) is 26.1 Å². The molecule has 1 aliphatic heterocycles. The molecule has 2 N–H and O–H groups in total. The third kappa shape index (κ3) is 4.13. The SMILES string of the molecule is NC(=O)CCc1cccc(CN2CCOCC2)c1. The number of aryl methyl sites for hydroxylation is 1. The summed E-state index contributed by atoms with van der Waals surface area (Å²) in [5.74, 6) is -0.242. The molecule has 0 bridgehead atoms. The van der Waals surface area contributed by atoms with Crippen molar-refractivity contribution in [3.8, 4) is 0 Å². The first-order valence-electron chi connectivity index (χ1n) is 6.40. The van der Waals surface area contributed by atoms with Crippen molar-refractivity contribution in [1.29, 1.82) is 0 Å². The number of hydrogen-bond acceptors (Lipinski definition) is 3. The van der Waals surface area contributed by atoms with Gasteiger partial charge in [-0.25, -0.2) is 0 Å². The van der Waals surface area contributed by atoms with Gasteiger partial charge in [-0.05, 0) is 17.5 Å². The maximum absolute atomic E-state index is 10.8. The van der Waals surface area contributed by atoms with Gasteiger partial charge in [-0.2, -0.15) is 0 Å². The van der Waals surface area contributed by atoms with Crippen LogP contribution in [0.2, 0.25) is 0 Å². The zero-order valence-corrected chi connectivity index (χ0v) is 10.6. The van der Waals surface area contributed by atoms with E-state index in [1.165, 1.54) is 11.1 Å². The number of nitrogens with zero attached hydrogens (tertiary/aromatic N) is 1. The lowest BCUT2D eigenvalue weighted by atomic mass is 10.1. The van der Waals surface area contributed by atoms with Crippen molar-refractivity contribution >= 4 is 5.91 Å². The van der Waals surface area contributed by atoms with Crippen molar-refractivity contribution in [1.82, 2.24) is 4.90 Å². The molecule has 0 saturated carbocycles. The molecule has 0 atom stereocenters. The van der Waals surface area contributed by atoms with Gasteiger partial charge in [0.2, 0.25) is 5.91 Å². The Labute approximate surface area is 108 Å². The van der Waals surface area contributed by atoms with Crippen LogP contribution in [-0.2, 0) is 22.5 Å². The number of morpholine rings is 1. The number of benzene rings is 1. The summed E-state index contributed by atoms with van der Waals surface area (Å²) in [5.41, 5.74) is 7.64. The van der Waals surface area contributed by atoms with Crippen LogP contribution in [0.5, 0.6) is 0 Å². The number of carbonyl (C=O) groups is 1. The van der Waals surface area contributed by atoms with Gasteiger partial charge < -0.3 is 10.5 Å². The van der Waals surface area contributed by atoms with Crippen LogP contribution in [0.15, 0.2) is 24.3 Å². The fourth-order valence-corrected chi connectivity index (χ4v) is 2.17. The van der Waals surface area contributed by atoms with Crippen LogP contribution in [0.1, 0.15) is 17.5 Å². The highest BCUT2D eigenvalue weighted by Crippen LogP contribution is 2.11. The van der Waals surface area contributed by atoms with Gasteiger partial charge in [0.25, 0.3) is 0 Å². The number of hydrogen-bond donors (Lipinski definition) is 1. The predicted octanol–water partition coefficient (Wildman–Crippen LogP) is 0.937. The van der Waals surface area contributed by atoms with Gasteiger partial charge in [0.1, 0.15) is 0 Å². The van der Waals surface area contributed by atoms with Crippen molar-refractivity contribution in [2.45, 2.75) is 19.4 Å². The Balaban J connectivity index is 1.91. The Kier molecular flexibility index (Phi) is 4.73. The second kappa shape index (κ2) is 6.52. The summed E-state index contributed by atoms with van der Waals surface area (Å²) >= 11 is 0. The van der Waals surface area contributed by atoms with Gasteiger partial charge in [-0.1, -0.05) is 24.3 Å². The topological polar surface area (TPSA) is 55.6 Å². The summed E-state index contributed by atoms with van der Waals surface area (Å²) in [7, 11) is 0. The minimum absolute atomic E-state index is 0.242. The van der Waals surface area contributed by atoms with Gasteiger partial charge in [-0.15, -0.1) is 0 Å². The quantitative estimate of drug-likeness (QED) is 0.843. The highest BCUT2D eigenvalue weighted by atomic mass is 16.5. The molecule has 1 amide bonds. The molecular formula is C14H20N2O2. The van der Waals surface area contributed by atoms with Crippen LogP contribution in [0.4, 0.5) is 0 Å². The first-order valence-corrected chi connectivity index (χ1v) is 6.40. The van der Waals surface area contributed by atoms with Crippen molar-refractivity contribution in [3.05, 3.63) is 35.4 Å². The molecule has 1 heterocycles. The Morgan fingerprint density at radius 1 is 1.28 bits per heavy atom. The van der Waals surface area contributed by atoms with E-state index in [4.69, 9.17) is 10.5 Å². The molecule has 1 saturated heterocycles. The number of primary amides is 1. The van der Waals surface area contributed by atoms with E-state index >= 15 is 0 Å². The van der Waals surface area contributed by atoms with E-state index < -0.39 is 0 Å². The molecule has 0 spiro atoms. The predicted molar refractivity (Wildman–Crippen MR) is 70.1 cm³/mol. The van der Waals surface area contributed by atoms with Crippen molar-refractivity contribution in [2.75, 3.05) is 26.3 Å². The first-order chi connectivity index (χ1) is 8.74. The minimum atomic E-state index is -0.242. The average molecular weight is 248 g/mol. The Morgan fingerprint density at radius 2 is 2.00 bits per heavy atom. The molecule has 1 aliphatic rings. The summed E-state index contributed by atoms with van der Waals surface area (Å²) in [5, 5.41) is 0. The fourth-order valence-electron chi connectivity index (χ4n) is 2.17. The number of nitrogens with two attached hydrogens (primary N) is 1. The van der Waals surface area contributed by atoms with E-state index in [1.54, 1.807) is 0 Å². The summed E-state index contributed by atoms with van der Waals surface area (Å²) in [4.78, 5) is 13.2. The van der Waals surface area contributed by atoms with Crippen LogP contribution in [-0.4, -0.2) is 37.1 Å². The highest BCUT2D eigenvalue weighted by molar-refractivity contribution is 5.74. The lowest BCUT2D eigenvalue weighted by Crippen LogP contribution is -2.35. The molecular weight excluding hydrogens is 228 g/mol. The number of carbonyl (C=O) groups excluding carboxylic acids is 1. The van der Waals surface area contributed by atoms with Crippen molar-refractivity contribution < 1.29 is 9.53 Å². The minimum Gasteiger partial charge on any atom is -0.379 e. The molecule has 1 aromatic carbocycles. The molecule has 4 heteroatoms. The Bertz CT molecular complexity index is 401. The molecule has 18 heavy (non-hydrogen) atoms. The van der Waals surface area contributed by atoms with Crippen molar-refractivity contribution in [2.24, 2.45) is 5.73 Å². The summed E-state index contributed by atoms with van der Waals surface area (Å²) in [6.07, 6.45) is 1.15. The molecule has 98 valence electrons. The normalized spacial score (nSPS) is 16.7. The van der Waals surface area contributed by atoms with Gasteiger partial charge in [-0.3, -0.25) is 9.69 Å². The summed E-state index contributed by atoms with van der Waals surface area (Å²) in [6.45, 7) is 4.58. The van der Waals surface area contributed by atoms with Crippen LogP contribution >= 0.6 is 0 Å². The maximum Gasteiger partial charge on any atom is 0.217 e. The molecule has 4 nitrogen and oxygen atoms in total. The van der Waals surface area contributed by atoms with E-state index in [0.717, 1.165) is 39.3 Å². The Morgan fingerprint density at radius 3 is 2.72 bits per heavy atom. The fraction of sp³-hybridized carbons (Fsp3) is 0.500. The third-order valence-electron chi connectivity index (χ3n) is 3.16. The van der Waals surface area contributed by atoms with E-state index in [9.17, 15) is 4.79 Å².